The van der Waals surface area contributed by atoms with Crippen molar-refractivity contribution in [2.75, 3.05) is 0 Å². The molecule has 60 valence electrons. The number of rotatable bonds is 1. The molecule has 2 aromatic rings. The first-order chi connectivity index (χ1) is 5.86. The Hall–Kier alpha value is -1.77. The van der Waals surface area contributed by atoms with E-state index < -0.39 is 0 Å². The zero-order valence-corrected chi connectivity index (χ0v) is 6.31. The van der Waals surface area contributed by atoms with Gasteiger partial charge in [-0.25, -0.2) is 4.79 Å². The highest BCUT2D eigenvalue weighted by Gasteiger charge is 1.95. The van der Waals surface area contributed by atoms with Gasteiger partial charge in [-0.2, -0.15) is 4.74 Å². The number of benzene rings is 1. The molecule has 0 spiro atoms. The monoisotopic (exact) mass is 161 g/mol. The van der Waals surface area contributed by atoms with Gasteiger partial charge in [-0.15, -0.1) is 0 Å². The molecule has 2 rings (SSSR count). The summed E-state index contributed by atoms with van der Waals surface area (Å²) in [7, 11) is 0. The summed E-state index contributed by atoms with van der Waals surface area (Å²) in [5.41, 5.74) is 0.512. The van der Waals surface area contributed by atoms with Gasteiger partial charge in [0, 0.05) is 6.07 Å². The highest BCUT2D eigenvalue weighted by molar-refractivity contribution is 5.28. The van der Waals surface area contributed by atoms with Crippen molar-refractivity contribution >= 4 is 0 Å². The molecule has 0 aliphatic heterocycles. The van der Waals surface area contributed by atoms with Gasteiger partial charge in [0.25, 0.3) is 0 Å². The lowest BCUT2D eigenvalue weighted by atomic mass is 10.3. The van der Waals surface area contributed by atoms with Crippen LogP contribution in [-0.4, -0.2) is 4.74 Å². The van der Waals surface area contributed by atoms with Crippen LogP contribution in [0.2, 0.25) is 0 Å². The Balaban J connectivity index is 2.51. The molecular weight excluding hydrogens is 154 g/mol. The van der Waals surface area contributed by atoms with Crippen molar-refractivity contribution in [1.82, 2.24) is 4.74 Å². The SMILES string of the molecule is O=c1ccn(-c2ccccc2)o1. The van der Waals surface area contributed by atoms with Crippen molar-refractivity contribution < 1.29 is 4.52 Å². The third-order valence-corrected chi connectivity index (χ3v) is 1.55. The molecule has 0 atom stereocenters. The van der Waals surface area contributed by atoms with Crippen molar-refractivity contribution in [1.29, 1.82) is 0 Å². The van der Waals surface area contributed by atoms with Crippen molar-refractivity contribution in [3.63, 3.8) is 0 Å². The lowest BCUT2D eigenvalue weighted by Gasteiger charge is -1.96. The standard InChI is InChI=1S/C9H7NO2/c11-9-6-7-10(12-9)8-4-2-1-3-5-8/h1-7H. The lowest BCUT2D eigenvalue weighted by molar-refractivity contribution is 0.323. The van der Waals surface area contributed by atoms with Gasteiger partial charge in [-0.05, 0) is 12.1 Å². The molecule has 3 nitrogen and oxygen atoms in total. The molecule has 0 bridgehead atoms. The van der Waals surface area contributed by atoms with Crippen molar-refractivity contribution in [2.45, 2.75) is 0 Å². The van der Waals surface area contributed by atoms with Gasteiger partial charge in [0.1, 0.15) is 0 Å². The molecule has 0 amide bonds. The van der Waals surface area contributed by atoms with Crippen LogP contribution in [0, 0.1) is 0 Å². The Morgan fingerprint density at radius 3 is 2.42 bits per heavy atom. The molecule has 1 aromatic carbocycles. The van der Waals surface area contributed by atoms with Gasteiger partial charge in [-0.3, -0.25) is 0 Å². The minimum Gasteiger partial charge on any atom is -0.332 e. The summed E-state index contributed by atoms with van der Waals surface area (Å²) in [5, 5.41) is 0. The Labute approximate surface area is 68.8 Å². The zero-order chi connectivity index (χ0) is 8.39. The highest BCUT2D eigenvalue weighted by Crippen LogP contribution is 2.03. The molecule has 0 saturated carbocycles. The molecule has 0 N–H and O–H groups in total. The van der Waals surface area contributed by atoms with E-state index in [1.165, 1.54) is 10.8 Å². The van der Waals surface area contributed by atoms with Crippen LogP contribution in [0.3, 0.4) is 0 Å². The van der Waals surface area contributed by atoms with Crippen LogP contribution in [0.15, 0.2) is 51.9 Å². The topological polar surface area (TPSA) is 35.1 Å². The second kappa shape index (κ2) is 2.70. The highest BCUT2D eigenvalue weighted by atomic mass is 16.5. The number of hydrogen-bond donors (Lipinski definition) is 0. The van der Waals surface area contributed by atoms with Gasteiger partial charge in [0.05, 0.1) is 11.9 Å². The first-order valence-electron chi connectivity index (χ1n) is 3.61. The minimum atomic E-state index is -0.334. The number of nitrogens with zero attached hydrogens (tertiary/aromatic N) is 1. The summed E-state index contributed by atoms with van der Waals surface area (Å²) < 4.78 is 6.26. The van der Waals surface area contributed by atoms with E-state index in [0.717, 1.165) is 5.69 Å². The van der Waals surface area contributed by atoms with E-state index in [1.54, 1.807) is 6.20 Å². The van der Waals surface area contributed by atoms with E-state index >= 15 is 0 Å². The minimum absolute atomic E-state index is 0.334. The molecule has 1 heterocycles. The largest absolute Gasteiger partial charge is 0.358 e. The van der Waals surface area contributed by atoms with Crippen molar-refractivity contribution in [3.8, 4) is 5.69 Å². The van der Waals surface area contributed by atoms with Crippen molar-refractivity contribution in [2.24, 2.45) is 0 Å². The Bertz CT molecular complexity index is 413. The lowest BCUT2D eigenvalue weighted by Crippen LogP contribution is -1.92. The fourth-order valence-electron chi connectivity index (χ4n) is 1.00. The summed E-state index contributed by atoms with van der Waals surface area (Å²) in [6, 6.07) is 10.8. The van der Waals surface area contributed by atoms with Crippen LogP contribution in [0.1, 0.15) is 0 Å². The molecule has 0 fully saturated rings. The Morgan fingerprint density at radius 1 is 1.08 bits per heavy atom. The molecule has 0 aliphatic carbocycles. The fourth-order valence-corrected chi connectivity index (χ4v) is 1.00. The van der Waals surface area contributed by atoms with E-state index in [-0.39, 0.29) is 5.63 Å². The summed E-state index contributed by atoms with van der Waals surface area (Å²) in [6.45, 7) is 0. The third-order valence-electron chi connectivity index (χ3n) is 1.55. The van der Waals surface area contributed by atoms with Gasteiger partial charge in [0.15, 0.2) is 0 Å². The van der Waals surface area contributed by atoms with Gasteiger partial charge in [0.2, 0.25) is 0 Å². The molecule has 0 saturated heterocycles. The van der Waals surface area contributed by atoms with Crippen molar-refractivity contribution in [3.05, 3.63) is 53.0 Å². The molecule has 12 heavy (non-hydrogen) atoms. The predicted molar refractivity (Wildman–Crippen MR) is 44.3 cm³/mol. The van der Waals surface area contributed by atoms with Gasteiger partial charge < -0.3 is 4.52 Å². The maximum absolute atomic E-state index is 10.7. The van der Waals surface area contributed by atoms with Crippen LogP contribution in [0.5, 0.6) is 0 Å². The van der Waals surface area contributed by atoms with Crippen LogP contribution in [0.4, 0.5) is 0 Å². The Morgan fingerprint density at radius 2 is 1.83 bits per heavy atom. The molecule has 0 aliphatic rings. The first kappa shape index (κ1) is 6.91. The van der Waals surface area contributed by atoms with Crippen LogP contribution in [-0.2, 0) is 0 Å². The molecule has 3 heteroatoms. The smallest absolute Gasteiger partial charge is 0.332 e. The second-order valence-corrected chi connectivity index (χ2v) is 2.39. The number of hydrogen-bond acceptors (Lipinski definition) is 2. The quantitative estimate of drug-likeness (QED) is 0.634. The first-order valence-corrected chi connectivity index (χ1v) is 3.61. The number of para-hydroxylation sites is 1. The van der Waals surface area contributed by atoms with Crippen LogP contribution < -0.4 is 5.63 Å². The van der Waals surface area contributed by atoms with E-state index in [4.69, 9.17) is 4.52 Å². The van der Waals surface area contributed by atoms with E-state index in [9.17, 15) is 4.79 Å². The van der Waals surface area contributed by atoms with Crippen LogP contribution in [0.25, 0.3) is 5.69 Å². The molecule has 0 unspecified atom stereocenters. The second-order valence-electron chi connectivity index (χ2n) is 2.39. The van der Waals surface area contributed by atoms with E-state index in [1.807, 2.05) is 30.3 Å². The average molecular weight is 161 g/mol. The average Bonchev–Trinajstić information content (AvgIpc) is 2.54. The van der Waals surface area contributed by atoms with E-state index in [0.29, 0.717) is 0 Å². The Kier molecular flexibility index (Phi) is 1.55. The maximum atomic E-state index is 10.7. The van der Waals surface area contributed by atoms with Gasteiger partial charge in [-0.1, -0.05) is 18.2 Å². The predicted octanol–water partition coefficient (Wildman–Crippen LogP) is 1.43. The summed E-state index contributed by atoms with van der Waals surface area (Å²) in [6.07, 6.45) is 1.59. The van der Waals surface area contributed by atoms with Gasteiger partial charge >= 0.3 is 5.63 Å². The normalized spacial score (nSPS) is 10.0. The molecule has 0 radical (unpaired) electrons. The third kappa shape index (κ3) is 1.16. The molecule has 1 aromatic heterocycles. The fraction of sp³-hybridized carbons (Fsp3) is 0. The number of aromatic nitrogens is 1. The maximum Gasteiger partial charge on any atom is 0.358 e. The zero-order valence-electron chi connectivity index (χ0n) is 6.31. The summed E-state index contributed by atoms with van der Waals surface area (Å²) in [4.78, 5) is 10.7. The summed E-state index contributed by atoms with van der Waals surface area (Å²) >= 11 is 0. The molecular formula is C9H7NO2. The summed E-state index contributed by atoms with van der Waals surface area (Å²) in [5.74, 6) is 0. The van der Waals surface area contributed by atoms with Crippen LogP contribution >= 0.6 is 0 Å². The van der Waals surface area contributed by atoms with E-state index in [2.05, 4.69) is 0 Å².